The summed E-state index contributed by atoms with van der Waals surface area (Å²) >= 11 is 1.70. The van der Waals surface area contributed by atoms with Crippen LogP contribution in [0.3, 0.4) is 0 Å². The van der Waals surface area contributed by atoms with E-state index in [0.717, 1.165) is 29.4 Å². The van der Waals surface area contributed by atoms with Crippen LogP contribution in [0.25, 0.3) is 11.4 Å². The first kappa shape index (κ1) is 16.3. The highest BCUT2D eigenvalue weighted by atomic mass is 32.2. The van der Waals surface area contributed by atoms with E-state index >= 15 is 0 Å². The summed E-state index contributed by atoms with van der Waals surface area (Å²) in [6.45, 7) is 2.78. The highest BCUT2D eigenvalue weighted by Crippen LogP contribution is 2.28. The summed E-state index contributed by atoms with van der Waals surface area (Å²) in [5.74, 6) is 1.33. The molecule has 3 rings (SSSR count). The lowest BCUT2D eigenvalue weighted by Crippen LogP contribution is -2.06. The fourth-order valence-corrected chi connectivity index (χ4v) is 2.83. The van der Waals surface area contributed by atoms with Crippen molar-refractivity contribution in [2.24, 2.45) is 0 Å². The second-order valence-corrected chi connectivity index (χ2v) is 5.88. The molecule has 0 atom stereocenters. The van der Waals surface area contributed by atoms with Gasteiger partial charge in [-0.15, -0.1) is 11.8 Å². The Morgan fingerprint density at radius 2 is 1.83 bits per heavy atom. The molecule has 0 amide bonds. The van der Waals surface area contributed by atoms with E-state index in [1.54, 1.807) is 18.0 Å². The third-order valence-corrected chi connectivity index (χ3v) is 4.15. The van der Waals surface area contributed by atoms with Crippen molar-refractivity contribution in [1.82, 2.24) is 15.0 Å². The number of rotatable bonds is 6. The monoisotopic (exact) mass is 337 g/mol. The Bertz CT molecular complexity index is 808. The number of anilines is 3. The number of hydrogen-bond acceptors (Lipinski definition) is 6. The Kier molecular flexibility index (Phi) is 5.28. The zero-order chi connectivity index (χ0) is 16.8. The maximum absolute atomic E-state index is 4.55. The first-order valence-electron chi connectivity index (χ1n) is 7.74. The largest absolute Gasteiger partial charge is 0.354 e. The van der Waals surface area contributed by atoms with Crippen LogP contribution in [-0.4, -0.2) is 27.8 Å². The van der Waals surface area contributed by atoms with Gasteiger partial charge in [0.05, 0.1) is 17.1 Å². The molecule has 0 fully saturated rings. The summed E-state index contributed by atoms with van der Waals surface area (Å²) in [6.07, 6.45) is 3.82. The molecule has 0 aliphatic rings. The molecule has 122 valence electrons. The van der Waals surface area contributed by atoms with Gasteiger partial charge in [-0.2, -0.15) is 4.98 Å². The number of para-hydroxylation sites is 1. The van der Waals surface area contributed by atoms with Gasteiger partial charge in [0.2, 0.25) is 5.95 Å². The molecule has 0 bridgehead atoms. The van der Waals surface area contributed by atoms with E-state index in [4.69, 9.17) is 0 Å². The van der Waals surface area contributed by atoms with Crippen LogP contribution in [0.5, 0.6) is 0 Å². The van der Waals surface area contributed by atoms with Crippen LogP contribution in [0.2, 0.25) is 0 Å². The third-order valence-electron chi connectivity index (χ3n) is 3.36. The molecule has 0 unspecified atom stereocenters. The molecule has 5 nitrogen and oxygen atoms in total. The maximum atomic E-state index is 4.55. The topological polar surface area (TPSA) is 62.7 Å². The van der Waals surface area contributed by atoms with Gasteiger partial charge in [-0.1, -0.05) is 18.2 Å². The van der Waals surface area contributed by atoms with Crippen LogP contribution in [0.1, 0.15) is 6.92 Å². The molecule has 0 saturated heterocycles. The molecule has 24 heavy (non-hydrogen) atoms. The average molecular weight is 337 g/mol. The normalized spacial score (nSPS) is 10.4. The average Bonchev–Trinajstić information content (AvgIpc) is 2.63. The van der Waals surface area contributed by atoms with Gasteiger partial charge < -0.3 is 10.6 Å². The Hall–Kier alpha value is -2.60. The van der Waals surface area contributed by atoms with Crippen molar-refractivity contribution in [1.29, 1.82) is 0 Å². The van der Waals surface area contributed by atoms with Gasteiger partial charge in [0.15, 0.2) is 0 Å². The smallest absolute Gasteiger partial charge is 0.225 e. The molecular formula is C18H19N5S. The van der Waals surface area contributed by atoms with Gasteiger partial charge in [0.1, 0.15) is 5.82 Å². The van der Waals surface area contributed by atoms with Gasteiger partial charge in [-0.25, -0.2) is 4.98 Å². The summed E-state index contributed by atoms with van der Waals surface area (Å²) in [5, 5.41) is 6.57. The Morgan fingerprint density at radius 1 is 1.00 bits per heavy atom. The number of nitrogens with one attached hydrogen (secondary N) is 2. The number of thioether (sulfide) groups is 1. The third kappa shape index (κ3) is 3.83. The van der Waals surface area contributed by atoms with Crippen LogP contribution >= 0.6 is 11.8 Å². The lowest BCUT2D eigenvalue weighted by Gasteiger charge is -2.12. The second-order valence-electron chi connectivity index (χ2n) is 5.03. The molecular weight excluding hydrogens is 318 g/mol. The predicted octanol–water partition coefficient (Wildman–Crippen LogP) is 4.44. The van der Waals surface area contributed by atoms with E-state index in [1.807, 2.05) is 49.4 Å². The number of benzene rings is 1. The van der Waals surface area contributed by atoms with E-state index in [2.05, 4.69) is 37.9 Å². The molecule has 0 spiro atoms. The number of pyridine rings is 1. The summed E-state index contributed by atoms with van der Waals surface area (Å²) in [6, 6.07) is 15.9. The van der Waals surface area contributed by atoms with Gasteiger partial charge in [-0.05, 0) is 37.4 Å². The summed E-state index contributed by atoms with van der Waals surface area (Å²) in [4.78, 5) is 14.6. The van der Waals surface area contributed by atoms with Crippen LogP contribution < -0.4 is 10.6 Å². The SMILES string of the molecule is CCNc1nc(Nc2ccccc2SC)cc(-c2ccccn2)n1. The number of aromatic nitrogens is 3. The summed E-state index contributed by atoms with van der Waals surface area (Å²) in [7, 11) is 0. The molecule has 2 aromatic heterocycles. The van der Waals surface area contributed by atoms with E-state index < -0.39 is 0 Å². The molecule has 0 aliphatic heterocycles. The minimum atomic E-state index is 0.588. The van der Waals surface area contributed by atoms with Gasteiger partial charge in [-0.3, -0.25) is 4.98 Å². The molecule has 2 N–H and O–H groups in total. The van der Waals surface area contributed by atoms with Gasteiger partial charge in [0.25, 0.3) is 0 Å². The van der Waals surface area contributed by atoms with Crippen molar-refractivity contribution in [3.8, 4) is 11.4 Å². The lowest BCUT2D eigenvalue weighted by molar-refractivity contribution is 1.08. The van der Waals surface area contributed by atoms with Crippen LogP contribution in [0, 0.1) is 0 Å². The Balaban J connectivity index is 1.99. The predicted molar refractivity (Wildman–Crippen MR) is 101 cm³/mol. The van der Waals surface area contributed by atoms with Crippen LogP contribution in [0.4, 0.5) is 17.5 Å². The Morgan fingerprint density at radius 3 is 2.58 bits per heavy atom. The van der Waals surface area contributed by atoms with E-state index in [1.165, 1.54) is 4.90 Å². The zero-order valence-electron chi connectivity index (χ0n) is 13.7. The van der Waals surface area contributed by atoms with Crippen molar-refractivity contribution in [2.75, 3.05) is 23.4 Å². The van der Waals surface area contributed by atoms with Crippen molar-refractivity contribution < 1.29 is 0 Å². The van der Waals surface area contributed by atoms with Gasteiger partial charge >= 0.3 is 0 Å². The molecule has 0 saturated carbocycles. The quantitative estimate of drug-likeness (QED) is 0.649. The fraction of sp³-hybridized carbons (Fsp3) is 0.167. The highest BCUT2D eigenvalue weighted by Gasteiger charge is 2.09. The molecule has 6 heteroatoms. The minimum absolute atomic E-state index is 0.588. The molecule has 2 heterocycles. The Labute approximate surface area is 146 Å². The lowest BCUT2D eigenvalue weighted by atomic mass is 10.2. The van der Waals surface area contributed by atoms with Crippen molar-refractivity contribution in [3.05, 3.63) is 54.7 Å². The molecule has 0 aliphatic carbocycles. The van der Waals surface area contributed by atoms with E-state index in [9.17, 15) is 0 Å². The van der Waals surface area contributed by atoms with Crippen molar-refractivity contribution >= 4 is 29.2 Å². The maximum Gasteiger partial charge on any atom is 0.225 e. The van der Waals surface area contributed by atoms with E-state index in [-0.39, 0.29) is 0 Å². The summed E-state index contributed by atoms with van der Waals surface area (Å²) < 4.78 is 0. The van der Waals surface area contributed by atoms with Crippen LogP contribution in [0.15, 0.2) is 59.6 Å². The highest BCUT2D eigenvalue weighted by molar-refractivity contribution is 7.98. The zero-order valence-corrected chi connectivity index (χ0v) is 14.5. The molecule has 0 radical (unpaired) electrons. The molecule has 1 aromatic carbocycles. The number of nitrogens with zero attached hydrogens (tertiary/aromatic N) is 3. The van der Waals surface area contributed by atoms with Crippen LogP contribution in [-0.2, 0) is 0 Å². The van der Waals surface area contributed by atoms with Crippen molar-refractivity contribution in [3.63, 3.8) is 0 Å². The first-order valence-corrected chi connectivity index (χ1v) is 8.97. The summed E-state index contributed by atoms with van der Waals surface area (Å²) in [5.41, 5.74) is 2.63. The number of hydrogen-bond donors (Lipinski definition) is 2. The fourth-order valence-electron chi connectivity index (χ4n) is 2.28. The standard InChI is InChI=1S/C18H19N5S/c1-3-19-18-22-15(13-8-6-7-11-20-13)12-17(23-18)21-14-9-4-5-10-16(14)24-2/h4-12H,3H2,1-2H3,(H2,19,21,22,23). The van der Waals surface area contributed by atoms with Crippen molar-refractivity contribution in [2.45, 2.75) is 11.8 Å². The second kappa shape index (κ2) is 7.79. The molecule has 3 aromatic rings. The van der Waals surface area contributed by atoms with E-state index in [0.29, 0.717) is 5.95 Å². The first-order chi connectivity index (χ1) is 11.8. The minimum Gasteiger partial charge on any atom is -0.354 e. The van der Waals surface area contributed by atoms with Gasteiger partial charge in [0, 0.05) is 23.7 Å².